The molecule has 4 aromatic rings. The normalized spacial score (nSPS) is 11.0. The molecule has 0 aliphatic rings. The summed E-state index contributed by atoms with van der Waals surface area (Å²) >= 11 is 0. The summed E-state index contributed by atoms with van der Waals surface area (Å²) in [5, 5.41) is 24.5. The SMILES string of the molecule is COc1c(O)c(CNCc2ccccc2)c2oc(-c3ccccc3)cc(=O)c2c1O. The summed E-state index contributed by atoms with van der Waals surface area (Å²) in [5.41, 5.74) is 1.83. The van der Waals surface area contributed by atoms with E-state index in [0.717, 1.165) is 11.1 Å². The first kappa shape index (κ1) is 19.5. The number of methoxy groups -OCH3 is 1. The molecule has 0 amide bonds. The van der Waals surface area contributed by atoms with Crippen LogP contribution in [0.15, 0.2) is 75.9 Å². The second-order valence-corrected chi connectivity index (χ2v) is 6.84. The van der Waals surface area contributed by atoms with Crippen molar-refractivity contribution in [1.29, 1.82) is 0 Å². The lowest BCUT2D eigenvalue weighted by Crippen LogP contribution is -2.14. The van der Waals surface area contributed by atoms with Crippen LogP contribution in [-0.4, -0.2) is 17.3 Å². The monoisotopic (exact) mass is 403 g/mol. The molecule has 0 unspecified atom stereocenters. The van der Waals surface area contributed by atoms with Crippen molar-refractivity contribution in [1.82, 2.24) is 5.32 Å². The van der Waals surface area contributed by atoms with Crippen LogP contribution in [0.4, 0.5) is 0 Å². The quantitative estimate of drug-likeness (QED) is 0.448. The molecule has 0 bridgehead atoms. The van der Waals surface area contributed by atoms with Gasteiger partial charge in [0.2, 0.25) is 5.75 Å². The van der Waals surface area contributed by atoms with Crippen LogP contribution in [0.2, 0.25) is 0 Å². The van der Waals surface area contributed by atoms with E-state index in [1.54, 1.807) is 0 Å². The third-order valence-corrected chi connectivity index (χ3v) is 4.91. The molecule has 0 fully saturated rings. The Morgan fingerprint density at radius 3 is 2.27 bits per heavy atom. The molecular formula is C24H21NO5. The van der Waals surface area contributed by atoms with E-state index in [0.29, 0.717) is 17.9 Å². The maximum absolute atomic E-state index is 12.8. The lowest BCUT2D eigenvalue weighted by molar-refractivity contribution is 0.343. The zero-order chi connectivity index (χ0) is 21.1. The van der Waals surface area contributed by atoms with Gasteiger partial charge in [-0.3, -0.25) is 4.79 Å². The number of hydrogen-bond donors (Lipinski definition) is 3. The van der Waals surface area contributed by atoms with Crippen LogP contribution >= 0.6 is 0 Å². The molecule has 1 aromatic heterocycles. The summed E-state index contributed by atoms with van der Waals surface area (Å²) in [7, 11) is 1.32. The van der Waals surface area contributed by atoms with Crippen LogP contribution in [0, 0.1) is 0 Å². The number of nitrogens with one attached hydrogen (secondary N) is 1. The number of phenolic OH excluding ortho intramolecular Hbond substituents is 2. The predicted octanol–water partition coefficient (Wildman–Crippen LogP) is 4.17. The minimum Gasteiger partial charge on any atom is -0.504 e. The first-order valence-corrected chi connectivity index (χ1v) is 9.48. The fraction of sp³-hybridized carbons (Fsp3) is 0.125. The molecule has 3 aromatic carbocycles. The molecule has 152 valence electrons. The average molecular weight is 403 g/mol. The minimum absolute atomic E-state index is 0.0270. The number of benzene rings is 3. The Morgan fingerprint density at radius 1 is 0.933 bits per heavy atom. The minimum atomic E-state index is -0.440. The Kier molecular flexibility index (Phi) is 5.41. The Labute approximate surface area is 173 Å². The smallest absolute Gasteiger partial charge is 0.204 e. The average Bonchev–Trinajstić information content (AvgIpc) is 2.77. The fourth-order valence-corrected chi connectivity index (χ4v) is 3.43. The summed E-state index contributed by atoms with van der Waals surface area (Å²) in [6.45, 7) is 0.753. The van der Waals surface area contributed by atoms with Gasteiger partial charge in [0.05, 0.1) is 12.7 Å². The van der Waals surface area contributed by atoms with Gasteiger partial charge in [-0.2, -0.15) is 0 Å². The first-order chi connectivity index (χ1) is 14.6. The van der Waals surface area contributed by atoms with Crippen molar-refractivity contribution in [3.63, 3.8) is 0 Å². The standard InChI is InChI=1S/C24H21NO5/c1-29-24-21(27)17(14-25-13-15-8-4-2-5-9-15)23-20(22(24)28)18(26)12-19(30-23)16-10-6-3-7-11-16/h2-12,25,27-28H,13-14H2,1H3. The zero-order valence-electron chi connectivity index (χ0n) is 16.4. The first-order valence-electron chi connectivity index (χ1n) is 9.48. The number of rotatable bonds is 6. The fourth-order valence-electron chi connectivity index (χ4n) is 3.43. The third-order valence-electron chi connectivity index (χ3n) is 4.91. The number of aromatic hydroxyl groups is 2. The van der Waals surface area contributed by atoms with Crippen molar-refractivity contribution in [2.45, 2.75) is 13.1 Å². The lowest BCUT2D eigenvalue weighted by atomic mass is 10.0. The molecule has 0 spiro atoms. The Balaban J connectivity index is 1.83. The predicted molar refractivity (Wildman–Crippen MR) is 115 cm³/mol. The molecule has 30 heavy (non-hydrogen) atoms. The maximum atomic E-state index is 12.8. The van der Waals surface area contributed by atoms with Gasteiger partial charge in [-0.15, -0.1) is 0 Å². The van der Waals surface area contributed by atoms with Crippen LogP contribution in [0.5, 0.6) is 17.2 Å². The van der Waals surface area contributed by atoms with E-state index in [4.69, 9.17) is 9.15 Å². The van der Waals surface area contributed by atoms with Crippen molar-refractivity contribution >= 4 is 11.0 Å². The molecule has 0 saturated carbocycles. The highest BCUT2D eigenvalue weighted by molar-refractivity contribution is 5.92. The highest BCUT2D eigenvalue weighted by Crippen LogP contribution is 2.45. The van der Waals surface area contributed by atoms with Crippen LogP contribution in [0.25, 0.3) is 22.3 Å². The molecule has 0 saturated heterocycles. The lowest BCUT2D eigenvalue weighted by Gasteiger charge is -2.15. The van der Waals surface area contributed by atoms with Gasteiger partial charge in [0.25, 0.3) is 0 Å². The van der Waals surface area contributed by atoms with Crippen LogP contribution in [-0.2, 0) is 13.1 Å². The van der Waals surface area contributed by atoms with E-state index in [-0.39, 0.29) is 29.0 Å². The summed E-state index contributed by atoms with van der Waals surface area (Å²) in [6, 6.07) is 20.3. The van der Waals surface area contributed by atoms with E-state index in [1.165, 1.54) is 13.2 Å². The molecule has 0 atom stereocenters. The topological polar surface area (TPSA) is 91.9 Å². The molecule has 3 N–H and O–H groups in total. The van der Waals surface area contributed by atoms with Gasteiger partial charge in [-0.1, -0.05) is 60.7 Å². The van der Waals surface area contributed by atoms with E-state index in [1.807, 2.05) is 60.7 Å². The van der Waals surface area contributed by atoms with Gasteiger partial charge in [-0.25, -0.2) is 0 Å². The van der Waals surface area contributed by atoms with Gasteiger partial charge in [0.15, 0.2) is 22.5 Å². The van der Waals surface area contributed by atoms with Gasteiger partial charge >= 0.3 is 0 Å². The van der Waals surface area contributed by atoms with E-state index < -0.39 is 11.2 Å². The number of phenols is 2. The highest BCUT2D eigenvalue weighted by Gasteiger charge is 2.24. The van der Waals surface area contributed by atoms with Crippen molar-refractivity contribution in [2.24, 2.45) is 0 Å². The maximum Gasteiger partial charge on any atom is 0.204 e. The molecule has 0 aliphatic heterocycles. The zero-order valence-corrected chi connectivity index (χ0v) is 16.4. The Bertz CT molecular complexity index is 1230. The number of hydrogen-bond acceptors (Lipinski definition) is 6. The summed E-state index contributed by atoms with van der Waals surface area (Å²) in [4.78, 5) is 12.8. The van der Waals surface area contributed by atoms with Crippen LogP contribution in [0.1, 0.15) is 11.1 Å². The van der Waals surface area contributed by atoms with Crippen LogP contribution < -0.4 is 15.5 Å². The third kappa shape index (κ3) is 3.60. The van der Waals surface area contributed by atoms with Gasteiger partial charge in [0, 0.05) is 24.7 Å². The molecule has 0 radical (unpaired) electrons. The van der Waals surface area contributed by atoms with Crippen LogP contribution in [0.3, 0.4) is 0 Å². The van der Waals surface area contributed by atoms with Gasteiger partial charge < -0.3 is 24.7 Å². The summed E-state index contributed by atoms with van der Waals surface area (Å²) in [5.74, 6) is -0.512. The second-order valence-electron chi connectivity index (χ2n) is 6.84. The van der Waals surface area contributed by atoms with Crippen molar-refractivity contribution in [3.05, 3.63) is 88.1 Å². The van der Waals surface area contributed by atoms with Crippen molar-refractivity contribution in [2.75, 3.05) is 7.11 Å². The van der Waals surface area contributed by atoms with E-state index >= 15 is 0 Å². The van der Waals surface area contributed by atoms with E-state index in [9.17, 15) is 15.0 Å². The Morgan fingerprint density at radius 2 is 1.60 bits per heavy atom. The largest absolute Gasteiger partial charge is 0.504 e. The molecule has 1 heterocycles. The number of ether oxygens (including phenoxy) is 1. The summed E-state index contributed by atoms with van der Waals surface area (Å²) in [6.07, 6.45) is 0. The second kappa shape index (κ2) is 8.31. The van der Waals surface area contributed by atoms with Crippen molar-refractivity contribution < 1.29 is 19.4 Å². The molecule has 6 heteroatoms. The Hall–Kier alpha value is -3.77. The molecule has 0 aliphatic carbocycles. The molecular weight excluding hydrogens is 382 g/mol. The van der Waals surface area contributed by atoms with Crippen molar-refractivity contribution in [3.8, 4) is 28.6 Å². The molecule has 6 nitrogen and oxygen atoms in total. The highest BCUT2D eigenvalue weighted by atomic mass is 16.5. The molecule has 4 rings (SSSR count). The summed E-state index contributed by atoms with van der Waals surface area (Å²) < 4.78 is 11.2. The van der Waals surface area contributed by atoms with E-state index in [2.05, 4.69) is 5.32 Å². The van der Waals surface area contributed by atoms with Gasteiger partial charge in [-0.05, 0) is 5.56 Å². The number of fused-ring (bicyclic) bond motifs is 1. The van der Waals surface area contributed by atoms with Gasteiger partial charge in [0.1, 0.15) is 11.1 Å².